The smallest absolute Gasteiger partial charge is 0.234 e. The molecule has 3 N–H and O–H groups in total. The average molecular weight is 250 g/mol. The molecule has 5 nitrogen and oxygen atoms in total. The van der Waals surface area contributed by atoms with Gasteiger partial charge >= 0.3 is 0 Å². The lowest BCUT2D eigenvalue weighted by atomic mass is 10.3. The number of likely N-dealkylation sites (N-methyl/N-ethyl adjacent to an activating group) is 1. The van der Waals surface area contributed by atoms with Crippen molar-refractivity contribution in [2.45, 2.75) is 33.4 Å². The van der Waals surface area contributed by atoms with E-state index in [1.54, 1.807) is 12.3 Å². The van der Waals surface area contributed by atoms with Gasteiger partial charge in [-0.25, -0.2) is 0 Å². The van der Waals surface area contributed by atoms with E-state index in [1.165, 1.54) is 0 Å². The molecule has 0 atom stereocenters. The second kappa shape index (κ2) is 6.96. The van der Waals surface area contributed by atoms with Gasteiger partial charge in [-0.05, 0) is 32.5 Å². The van der Waals surface area contributed by atoms with Gasteiger partial charge in [-0.1, -0.05) is 6.92 Å². The molecule has 1 aromatic heterocycles. The second-order valence-corrected chi connectivity index (χ2v) is 4.61. The highest BCUT2D eigenvalue weighted by Crippen LogP contribution is 2.06. The molecule has 0 spiro atoms. The van der Waals surface area contributed by atoms with Crippen molar-refractivity contribution in [3.8, 4) is 0 Å². The highest BCUT2D eigenvalue weighted by Gasteiger charge is 2.11. The summed E-state index contributed by atoms with van der Waals surface area (Å²) in [5.74, 6) is 0.0377. The van der Waals surface area contributed by atoms with Gasteiger partial charge in [-0.3, -0.25) is 14.7 Å². The Kier molecular flexibility index (Phi) is 5.58. The number of nitrogen functional groups attached to an aromatic ring is 1. The zero-order valence-corrected chi connectivity index (χ0v) is 11.3. The van der Waals surface area contributed by atoms with E-state index in [9.17, 15) is 4.79 Å². The molecule has 5 heteroatoms. The van der Waals surface area contributed by atoms with E-state index < -0.39 is 0 Å². The third-order valence-electron chi connectivity index (χ3n) is 2.49. The lowest BCUT2D eigenvalue weighted by molar-refractivity contribution is -0.122. The highest BCUT2D eigenvalue weighted by atomic mass is 16.2. The van der Waals surface area contributed by atoms with E-state index in [0.29, 0.717) is 18.8 Å². The zero-order valence-electron chi connectivity index (χ0n) is 11.3. The first-order valence-electron chi connectivity index (χ1n) is 6.23. The summed E-state index contributed by atoms with van der Waals surface area (Å²) in [6.45, 7) is 7.73. The lowest BCUT2D eigenvalue weighted by Crippen LogP contribution is -2.39. The number of pyridine rings is 1. The molecule has 0 aliphatic carbocycles. The number of anilines is 1. The van der Waals surface area contributed by atoms with Crippen LogP contribution in [-0.2, 0) is 11.3 Å². The van der Waals surface area contributed by atoms with Crippen molar-refractivity contribution in [2.75, 3.05) is 18.8 Å². The van der Waals surface area contributed by atoms with Crippen molar-refractivity contribution in [2.24, 2.45) is 0 Å². The number of carbonyl (C=O) groups excluding carboxylic acids is 1. The van der Waals surface area contributed by atoms with Gasteiger partial charge in [0.1, 0.15) is 0 Å². The Morgan fingerprint density at radius 3 is 2.83 bits per heavy atom. The van der Waals surface area contributed by atoms with Gasteiger partial charge in [0, 0.05) is 24.5 Å². The summed E-state index contributed by atoms with van der Waals surface area (Å²) in [5, 5.41) is 2.88. The topological polar surface area (TPSA) is 71.2 Å². The number of hydrogen-bond donors (Lipinski definition) is 2. The Bertz CT molecular complexity index is 392. The number of nitrogens with one attached hydrogen (secondary N) is 1. The maximum atomic E-state index is 11.7. The predicted octanol–water partition coefficient (Wildman–Crippen LogP) is 1.01. The number of rotatable bonds is 6. The number of aromatic nitrogens is 1. The van der Waals surface area contributed by atoms with Crippen LogP contribution in [0.3, 0.4) is 0 Å². The number of amides is 1. The molecule has 1 rings (SSSR count). The van der Waals surface area contributed by atoms with Crippen LogP contribution in [0.15, 0.2) is 18.3 Å². The number of carbonyl (C=O) groups is 1. The molecular formula is C13H22N4O. The Balaban J connectivity index is 2.54. The van der Waals surface area contributed by atoms with Crippen molar-refractivity contribution in [3.63, 3.8) is 0 Å². The van der Waals surface area contributed by atoms with Gasteiger partial charge in [0.2, 0.25) is 5.91 Å². The number of nitrogens with two attached hydrogens (primary N) is 1. The van der Waals surface area contributed by atoms with Crippen molar-refractivity contribution >= 4 is 11.6 Å². The van der Waals surface area contributed by atoms with Gasteiger partial charge in [0.05, 0.1) is 12.2 Å². The minimum Gasteiger partial charge on any atom is -0.399 e. The molecule has 0 aliphatic heterocycles. The SMILES string of the molecule is CCN(CC(=O)NC(C)C)Cc1cc(N)ccn1. The number of hydrogen-bond acceptors (Lipinski definition) is 4. The van der Waals surface area contributed by atoms with Crippen LogP contribution in [0.25, 0.3) is 0 Å². The number of nitrogens with zero attached hydrogens (tertiary/aromatic N) is 2. The average Bonchev–Trinajstić information content (AvgIpc) is 2.27. The second-order valence-electron chi connectivity index (χ2n) is 4.61. The summed E-state index contributed by atoms with van der Waals surface area (Å²) in [7, 11) is 0. The van der Waals surface area contributed by atoms with E-state index in [4.69, 9.17) is 5.73 Å². The Labute approximate surface area is 108 Å². The van der Waals surface area contributed by atoms with Crippen LogP contribution >= 0.6 is 0 Å². The monoisotopic (exact) mass is 250 g/mol. The molecule has 1 heterocycles. The van der Waals surface area contributed by atoms with E-state index >= 15 is 0 Å². The first-order chi connectivity index (χ1) is 8.51. The molecule has 0 aliphatic rings. The summed E-state index contributed by atoms with van der Waals surface area (Å²) in [5.41, 5.74) is 7.29. The van der Waals surface area contributed by atoms with E-state index in [0.717, 1.165) is 12.2 Å². The summed E-state index contributed by atoms with van der Waals surface area (Å²) in [6.07, 6.45) is 1.69. The van der Waals surface area contributed by atoms with Crippen LogP contribution in [0.1, 0.15) is 26.5 Å². The molecule has 0 saturated heterocycles. The van der Waals surface area contributed by atoms with Crippen LogP contribution in [-0.4, -0.2) is 34.9 Å². The molecule has 0 unspecified atom stereocenters. The fraction of sp³-hybridized carbons (Fsp3) is 0.538. The van der Waals surface area contributed by atoms with E-state index in [1.807, 2.05) is 31.7 Å². The van der Waals surface area contributed by atoms with Crippen LogP contribution < -0.4 is 11.1 Å². The van der Waals surface area contributed by atoms with Gasteiger partial charge in [-0.15, -0.1) is 0 Å². The fourth-order valence-electron chi connectivity index (χ4n) is 1.66. The molecule has 0 saturated carbocycles. The minimum absolute atomic E-state index is 0.0377. The molecule has 1 aromatic rings. The van der Waals surface area contributed by atoms with Gasteiger partial charge in [0.15, 0.2) is 0 Å². The summed E-state index contributed by atoms with van der Waals surface area (Å²) >= 11 is 0. The Hall–Kier alpha value is -1.62. The van der Waals surface area contributed by atoms with E-state index in [-0.39, 0.29) is 11.9 Å². The standard InChI is InChI=1S/C13H22N4O/c1-4-17(9-13(18)16-10(2)3)8-12-7-11(14)5-6-15-12/h5-7,10H,4,8-9H2,1-3H3,(H2,14,15)(H,16,18). The molecule has 0 radical (unpaired) electrons. The van der Waals surface area contributed by atoms with Gasteiger partial charge < -0.3 is 11.1 Å². The maximum Gasteiger partial charge on any atom is 0.234 e. The van der Waals surface area contributed by atoms with Crippen LogP contribution in [0.5, 0.6) is 0 Å². The summed E-state index contributed by atoms with van der Waals surface area (Å²) in [4.78, 5) is 18.0. The van der Waals surface area contributed by atoms with Crippen molar-refractivity contribution in [1.29, 1.82) is 0 Å². The molecule has 0 fully saturated rings. The normalized spacial score (nSPS) is 10.9. The molecule has 0 aromatic carbocycles. The largest absolute Gasteiger partial charge is 0.399 e. The molecule has 1 amide bonds. The van der Waals surface area contributed by atoms with Gasteiger partial charge in [-0.2, -0.15) is 0 Å². The quantitative estimate of drug-likeness (QED) is 0.790. The molecule has 100 valence electrons. The van der Waals surface area contributed by atoms with Crippen molar-refractivity contribution < 1.29 is 4.79 Å². The van der Waals surface area contributed by atoms with E-state index in [2.05, 4.69) is 10.3 Å². The zero-order chi connectivity index (χ0) is 13.5. The maximum absolute atomic E-state index is 11.7. The molecular weight excluding hydrogens is 228 g/mol. The third kappa shape index (κ3) is 5.14. The Morgan fingerprint density at radius 1 is 1.56 bits per heavy atom. The molecule has 0 bridgehead atoms. The van der Waals surface area contributed by atoms with Crippen LogP contribution in [0.2, 0.25) is 0 Å². The third-order valence-corrected chi connectivity index (χ3v) is 2.49. The van der Waals surface area contributed by atoms with Crippen molar-refractivity contribution in [3.05, 3.63) is 24.0 Å². The predicted molar refractivity (Wildman–Crippen MR) is 72.9 cm³/mol. The minimum atomic E-state index is 0.0377. The summed E-state index contributed by atoms with van der Waals surface area (Å²) in [6, 6.07) is 3.76. The van der Waals surface area contributed by atoms with Crippen LogP contribution in [0.4, 0.5) is 5.69 Å². The summed E-state index contributed by atoms with van der Waals surface area (Å²) < 4.78 is 0. The Morgan fingerprint density at radius 2 is 2.28 bits per heavy atom. The fourth-order valence-corrected chi connectivity index (χ4v) is 1.66. The van der Waals surface area contributed by atoms with Gasteiger partial charge in [0.25, 0.3) is 0 Å². The first kappa shape index (κ1) is 14.4. The van der Waals surface area contributed by atoms with Crippen molar-refractivity contribution in [1.82, 2.24) is 15.2 Å². The lowest BCUT2D eigenvalue weighted by Gasteiger charge is -2.20. The first-order valence-corrected chi connectivity index (χ1v) is 6.23. The highest BCUT2D eigenvalue weighted by molar-refractivity contribution is 5.78. The molecule has 18 heavy (non-hydrogen) atoms. The van der Waals surface area contributed by atoms with Crippen LogP contribution in [0, 0.1) is 0 Å².